The Balaban J connectivity index is 1.63. The highest BCUT2D eigenvalue weighted by molar-refractivity contribution is 6.30. The van der Waals surface area contributed by atoms with Crippen LogP contribution in [-0.2, 0) is 4.79 Å². The van der Waals surface area contributed by atoms with Gasteiger partial charge in [-0.1, -0.05) is 23.7 Å². The number of nitrogens with one attached hydrogen (secondary N) is 1. The van der Waals surface area contributed by atoms with Crippen LogP contribution in [0.25, 0.3) is 11.0 Å². The third-order valence-electron chi connectivity index (χ3n) is 3.93. The lowest BCUT2D eigenvalue weighted by Crippen LogP contribution is -2.33. The summed E-state index contributed by atoms with van der Waals surface area (Å²) in [5.74, 6) is 0.278. The number of hydrazone groups is 1. The van der Waals surface area contributed by atoms with Gasteiger partial charge in [-0.3, -0.25) is 9.78 Å². The van der Waals surface area contributed by atoms with Gasteiger partial charge in [0.25, 0.3) is 5.91 Å². The fourth-order valence-electron chi connectivity index (χ4n) is 2.60. The molecule has 0 aliphatic rings. The minimum atomic E-state index is -0.719. The third kappa shape index (κ3) is 4.60. The van der Waals surface area contributed by atoms with Crippen molar-refractivity contribution in [3.8, 4) is 5.75 Å². The Labute approximate surface area is 162 Å². The molecule has 0 spiro atoms. The zero-order valence-electron chi connectivity index (χ0n) is 15.2. The summed E-state index contributed by atoms with van der Waals surface area (Å²) in [6.45, 7) is 5.43. The van der Waals surface area contributed by atoms with E-state index in [0.29, 0.717) is 16.5 Å². The summed E-state index contributed by atoms with van der Waals surface area (Å²) < 4.78 is 5.78. The van der Waals surface area contributed by atoms with Crippen molar-refractivity contribution in [3.63, 3.8) is 0 Å². The summed E-state index contributed by atoms with van der Waals surface area (Å²) in [5.41, 5.74) is 6.31. The number of para-hydroxylation sites is 2. The van der Waals surface area contributed by atoms with Crippen LogP contribution in [0.15, 0.2) is 47.7 Å². The van der Waals surface area contributed by atoms with E-state index in [-0.39, 0.29) is 5.91 Å². The highest BCUT2D eigenvalue weighted by Gasteiger charge is 2.16. The van der Waals surface area contributed by atoms with Gasteiger partial charge >= 0.3 is 0 Å². The summed E-state index contributed by atoms with van der Waals surface area (Å²) in [6.07, 6.45) is 2.32. The van der Waals surface area contributed by atoms with Crippen LogP contribution in [0, 0.1) is 13.8 Å². The normalized spacial score (nSPS) is 12.3. The summed E-state index contributed by atoms with van der Waals surface area (Å²) in [7, 11) is 0. The molecule has 0 aliphatic heterocycles. The van der Waals surface area contributed by atoms with Gasteiger partial charge in [0.2, 0.25) is 0 Å². The molecule has 0 saturated heterocycles. The Morgan fingerprint density at radius 3 is 2.59 bits per heavy atom. The number of aromatic nitrogens is 2. The van der Waals surface area contributed by atoms with Crippen molar-refractivity contribution in [2.24, 2.45) is 5.10 Å². The number of benzene rings is 2. The molecule has 1 heterocycles. The largest absolute Gasteiger partial charge is 0.480 e. The molecule has 3 rings (SSSR count). The van der Waals surface area contributed by atoms with E-state index in [9.17, 15) is 4.79 Å². The van der Waals surface area contributed by atoms with Crippen LogP contribution in [0.1, 0.15) is 23.7 Å². The maximum Gasteiger partial charge on any atom is 0.280 e. The van der Waals surface area contributed by atoms with E-state index in [2.05, 4.69) is 20.5 Å². The second-order valence-electron chi connectivity index (χ2n) is 6.15. The molecule has 6 nitrogen and oxygen atoms in total. The summed E-state index contributed by atoms with van der Waals surface area (Å²) in [6, 6.07) is 11.1. The number of ether oxygens (including phenoxy) is 1. The first-order valence-corrected chi connectivity index (χ1v) is 8.80. The first kappa shape index (κ1) is 18.8. The number of rotatable bonds is 5. The predicted molar refractivity (Wildman–Crippen MR) is 106 cm³/mol. The quantitative estimate of drug-likeness (QED) is 0.537. The van der Waals surface area contributed by atoms with Crippen LogP contribution in [0.5, 0.6) is 5.75 Å². The molecule has 2 aromatic carbocycles. The molecule has 7 heteroatoms. The molecular formula is C20H19ClN4O2. The van der Waals surface area contributed by atoms with Crippen LogP contribution in [0.4, 0.5) is 0 Å². The Kier molecular flexibility index (Phi) is 5.66. The van der Waals surface area contributed by atoms with Gasteiger partial charge in [-0.25, -0.2) is 10.4 Å². The van der Waals surface area contributed by atoms with E-state index in [4.69, 9.17) is 16.3 Å². The summed E-state index contributed by atoms with van der Waals surface area (Å²) >= 11 is 6.02. The van der Waals surface area contributed by atoms with Gasteiger partial charge in [0.15, 0.2) is 6.10 Å². The van der Waals surface area contributed by atoms with Crippen molar-refractivity contribution < 1.29 is 9.53 Å². The maximum atomic E-state index is 12.2. The van der Waals surface area contributed by atoms with Gasteiger partial charge < -0.3 is 4.74 Å². The molecule has 3 aromatic rings. The minimum Gasteiger partial charge on any atom is -0.480 e. The monoisotopic (exact) mass is 382 g/mol. The van der Waals surface area contributed by atoms with Crippen molar-refractivity contribution in [1.29, 1.82) is 0 Å². The Morgan fingerprint density at radius 1 is 1.22 bits per heavy atom. The average molecular weight is 383 g/mol. The second-order valence-corrected chi connectivity index (χ2v) is 6.58. The molecule has 0 unspecified atom stereocenters. The number of fused-ring (bicyclic) bond motifs is 1. The van der Waals surface area contributed by atoms with E-state index < -0.39 is 6.10 Å². The number of carbonyl (C=O) groups is 1. The molecule has 1 amide bonds. The maximum absolute atomic E-state index is 12.2. The van der Waals surface area contributed by atoms with Crippen LogP contribution in [-0.4, -0.2) is 28.2 Å². The molecule has 27 heavy (non-hydrogen) atoms. The van der Waals surface area contributed by atoms with Gasteiger partial charge in [0.1, 0.15) is 11.4 Å². The number of carbonyl (C=O) groups excluding carboxylic acids is 1. The summed E-state index contributed by atoms with van der Waals surface area (Å²) in [4.78, 5) is 20.9. The van der Waals surface area contributed by atoms with Gasteiger partial charge in [-0.05, 0) is 56.2 Å². The van der Waals surface area contributed by atoms with Crippen LogP contribution >= 0.6 is 11.6 Å². The average Bonchev–Trinajstić information content (AvgIpc) is 2.64. The van der Waals surface area contributed by atoms with Gasteiger partial charge in [0, 0.05) is 5.02 Å². The van der Waals surface area contributed by atoms with Crippen molar-refractivity contribution in [1.82, 2.24) is 15.4 Å². The van der Waals surface area contributed by atoms with Gasteiger partial charge in [-0.15, -0.1) is 0 Å². The fourth-order valence-corrected chi connectivity index (χ4v) is 2.93. The molecule has 0 radical (unpaired) electrons. The highest BCUT2D eigenvalue weighted by atomic mass is 35.5. The Bertz CT molecular complexity index is 997. The number of amides is 1. The predicted octanol–water partition coefficient (Wildman–Crippen LogP) is 3.82. The standard InChI is InChI=1S/C20H19ClN4O2/c1-12-8-15(21)9-13(2)19(12)27-14(3)20(26)25-23-11-16-10-22-17-6-4-5-7-18(17)24-16/h4-11,14H,1-3H3,(H,25,26)/b23-11-/t14-/m1/s1. The zero-order chi connectivity index (χ0) is 19.4. The molecule has 0 aliphatic carbocycles. The lowest BCUT2D eigenvalue weighted by molar-refractivity contribution is -0.127. The number of aryl methyl sites for hydroxylation is 2. The fraction of sp³-hybridized carbons (Fsp3) is 0.200. The van der Waals surface area contributed by atoms with E-state index in [0.717, 1.165) is 22.2 Å². The van der Waals surface area contributed by atoms with E-state index >= 15 is 0 Å². The van der Waals surface area contributed by atoms with Crippen LogP contribution in [0.2, 0.25) is 5.02 Å². The van der Waals surface area contributed by atoms with E-state index in [1.54, 1.807) is 25.3 Å². The van der Waals surface area contributed by atoms with Crippen molar-refractivity contribution in [3.05, 3.63) is 64.4 Å². The minimum absolute atomic E-state index is 0.367. The van der Waals surface area contributed by atoms with Crippen LogP contribution < -0.4 is 10.2 Å². The zero-order valence-corrected chi connectivity index (χ0v) is 16.0. The molecule has 138 valence electrons. The topological polar surface area (TPSA) is 76.5 Å². The Hall–Kier alpha value is -2.99. The number of hydrogen-bond acceptors (Lipinski definition) is 5. The van der Waals surface area contributed by atoms with Crippen molar-refractivity contribution in [2.75, 3.05) is 0 Å². The van der Waals surface area contributed by atoms with Gasteiger partial charge in [0.05, 0.1) is 23.4 Å². The van der Waals surface area contributed by atoms with E-state index in [1.165, 1.54) is 6.21 Å². The number of nitrogens with zero attached hydrogens (tertiary/aromatic N) is 3. The molecule has 0 saturated carbocycles. The highest BCUT2D eigenvalue weighted by Crippen LogP contribution is 2.27. The van der Waals surface area contributed by atoms with Crippen molar-refractivity contribution in [2.45, 2.75) is 26.9 Å². The number of hydrogen-bond donors (Lipinski definition) is 1. The lowest BCUT2D eigenvalue weighted by atomic mass is 10.1. The lowest BCUT2D eigenvalue weighted by Gasteiger charge is -2.17. The van der Waals surface area contributed by atoms with Crippen LogP contribution in [0.3, 0.4) is 0 Å². The molecule has 0 fully saturated rings. The third-order valence-corrected chi connectivity index (χ3v) is 4.15. The molecular weight excluding hydrogens is 364 g/mol. The van der Waals surface area contributed by atoms with Gasteiger partial charge in [-0.2, -0.15) is 5.10 Å². The van der Waals surface area contributed by atoms with Crippen molar-refractivity contribution >= 4 is 34.8 Å². The first-order valence-electron chi connectivity index (χ1n) is 8.42. The molecule has 0 bridgehead atoms. The molecule has 1 aromatic heterocycles. The SMILES string of the molecule is Cc1cc(Cl)cc(C)c1O[C@H](C)C(=O)N/N=C\c1cnc2ccccc2n1. The number of halogens is 1. The second kappa shape index (κ2) is 8.14. The summed E-state index contributed by atoms with van der Waals surface area (Å²) in [5, 5.41) is 4.58. The Morgan fingerprint density at radius 2 is 1.89 bits per heavy atom. The first-order chi connectivity index (χ1) is 12.9. The molecule has 1 N–H and O–H groups in total. The van der Waals surface area contributed by atoms with E-state index in [1.807, 2.05) is 38.1 Å². The smallest absolute Gasteiger partial charge is 0.280 e. The molecule has 1 atom stereocenters.